The zero-order valence-electron chi connectivity index (χ0n) is 17.1. The van der Waals surface area contributed by atoms with Crippen LogP contribution < -0.4 is 10.1 Å². The molecule has 3 rings (SSSR count). The molecule has 1 aliphatic heterocycles. The minimum Gasteiger partial charge on any atom is -0.496 e. The van der Waals surface area contributed by atoms with Crippen molar-refractivity contribution in [2.24, 2.45) is 4.99 Å². The highest BCUT2D eigenvalue weighted by Crippen LogP contribution is 2.20. The molecule has 0 radical (unpaired) electrons. The second-order valence-electron chi connectivity index (χ2n) is 7.05. The highest BCUT2D eigenvalue weighted by Gasteiger charge is 2.20. The number of ether oxygens (including phenoxy) is 1. The average Bonchev–Trinajstić information content (AvgIpc) is 3.21. The van der Waals surface area contributed by atoms with Gasteiger partial charge in [-0.1, -0.05) is 22.9 Å². The van der Waals surface area contributed by atoms with Gasteiger partial charge in [-0.2, -0.15) is 0 Å². The summed E-state index contributed by atoms with van der Waals surface area (Å²) in [5.74, 6) is 1.93. The van der Waals surface area contributed by atoms with Gasteiger partial charge in [-0.05, 0) is 31.9 Å². The van der Waals surface area contributed by atoms with E-state index >= 15 is 0 Å². The van der Waals surface area contributed by atoms with Gasteiger partial charge in [0.2, 0.25) is 0 Å². The molecule has 0 atom stereocenters. The van der Waals surface area contributed by atoms with Crippen molar-refractivity contribution in [3.63, 3.8) is 0 Å². The standard InChI is InChI=1S/C21H31N5O2/c1-4-22-21(23-9-7-18-15-17(2)5-6-20(18)27-3)26-12-10-25(11-13-26)16-19-8-14-28-24-19/h5-6,8,14-15H,4,7,9-13,16H2,1-3H3,(H,22,23). The first-order chi connectivity index (χ1) is 13.7. The van der Waals surface area contributed by atoms with Crippen LogP contribution in [-0.4, -0.2) is 67.3 Å². The fraction of sp³-hybridized carbons (Fsp3) is 0.524. The third kappa shape index (κ3) is 5.48. The van der Waals surface area contributed by atoms with Crippen LogP contribution in [0.5, 0.6) is 5.75 Å². The average molecular weight is 386 g/mol. The summed E-state index contributed by atoms with van der Waals surface area (Å²) in [6.07, 6.45) is 2.50. The number of aromatic nitrogens is 1. The topological polar surface area (TPSA) is 66.1 Å². The van der Waals surface area contributed by atoms with Gasteiger partial charge in [0.15, 0.2) is 5.96 Å². The third-order valence-electron chi connectivity index (χ3n) is 4.96. The SMILES string of the molecule is CCNC(=NCCc1cc(C)ccc1OC)N1CCN(Cc2ccon2)CC1. The molecule has 0 aliphatic carbocycles. The van der Waals surface area contributed by atoms with Gasteiger partial charge in [-0.25, -0.2) is 0 Å². The van der Waals surface area contributed by atoms with Crippen molar-refractivity contribution >= 4 is 5.96 Å². The van der Waals surface area contributed by atoms with E-state index in [-0.39, 0.29) is 0 Å². The van der Waals surface area contributed by atoms with E-state index < -0.39 is 0 Å². The fourth-order valence-corrected chi connectivity index (χ4v) is 3.48. The van der Waals surface area contributed by atoms with E-state index in [1.165, 1.54) is 11.1 Å². The Kier molecular flexibility index (Phi) is 7.31. The van der Waals surface area contributed by atoms with Gasteiger partial charge < -0.3 is 19.5 Å². The normalized spacial score (nSPS) is 15.7. The molecule has 1 fully saturated rings. The number of nitrogens with zero attached hydrogens (tertiary/aromatic N) is 4. The molecule has 1 aromatic carbocycles. The molecule has 0 saturated carbocycles. The van der Waals surface area contributed by atoms with Gasteiger partial charge in [-0.15, -0.1) is 0 Å². The highest BCUT2D eigenvalue weighted by molar-refractivity contribution is 5.80. The Hall–Kier alpha value is -2.54. The van der Waals surface area contributed by atoms with Crippen LogP contribution in [0, 0.1) is 6.92 Å². The number of aryl methyl sites for hydroxylation is 1. The lowest BCUT2D eigenvalue weighted by Crippen LogP contribution is -2.52. The van der Waals surface area contributed by atoms with Gasteiger partial charge in [-0.3, -0.25) is 9.89 Å². The Morgan fingerprint density at radius 3 is 2.75 bits per heavy atom. The zero-order valence-corrected chi connectivity index (χ0v) is 17.1. The molecule has 152 valence electrons. The first-order valence-corrected chi connectivity index (χ1v) is 9.98. The molecule has 7 heteroatoms. The number of piperazine rings is 1. The molecule has 0 amide bonds. The second kappa shape index (κ2) is 10.1. The van der Waals surface area contributed by atoms with Gasteiger partial charge in [0.05, 0.1) is 12.8 Å². The monoisotopic (exact) mass is 385 g/mol. The second-order valence-corrected chi connectivity index (χ2v) is 7.05. The van der Waals surface area contributed by atoms with Crippen LogP contribution in [0.4, 0.5) is 0 Å². The summed E-state index contributed by atoms with van der Waals surface area (Å²) in [6.45, 7) is 10.5. The quantitative estimate of drug-likeness (QED) is 0.583. The van der Waals surface area contributed by atoms with E-state index in [1.807, 2.05) is 12.1 Å². The molecular weight excluding hydrogens is 354 g/mol. The number of hydrogen-bond acceptors (Lipinski definition) is 5. The maximum Gasteiger partial charge on any atom is 0.194 e. The molecule has 0 bridgehead atoms. The molecule has 1 aliphatic rings. The number of aliphatic imine (C=N–C) groups is 1. The number of methoxy groups -OCH3 is 1. The lowest BCUT2D eigenvalue weighted by atomic mass is 10.1. The van der Waals surface area contributed by atoms with Crippen LogP contribution in [0.15, 0.2) is 40.0 Å². The molecule has 7 nitrogen and oxygen atoms in total. The number of guanidine groups is 1. The van der Waals surface area contributed by atoms with Gasteiger partial charge in [0.1, 0.15) is 12.0 Å². The maximum absolute atomic E-state index is 5.48. The van der Waals surface area contributed by atoms with E-state index in [1.54, 1.807) is 13.4 Å². The number of benzene rings is 1. The van der Waals surface area contributed by atoms with Crippen LogP contribution in [0.3, 0.4) is 0 Å². The molecule has 2 heterocycles. The lowest BCUT2D eigenvalue weighted by Gasteiger charge is -2.36. The van der Waals surface area contributed by atoms with Crippen molar-refractivity contribution in [1.29, 1.82) is 0 Å². The van der Waals surface area contributed by atoms with Crippen LogP contribution >= 0.6 is 0 Å². The first-order valence-electron chi connectivity index (χ1n) is 9.98. The van der Waals surface area contributed by atoms with Crippen molar-refractivity contribution in [2.45, 2.75) is 26.8 Å². The third-order valence-corrected chi connectivity index (χ3v) is 4.96. The largest absolute Gasteiger partial charge is 0.496 e. The molecular formula is C21H31N5O2. The molecule has 2 aromatic rings. The van der Waals surface area contributed by atoms with E-state index in [0.29, 0.717) is 0 Å². The molecule has 1 aromatic heterocycles. The van der Waals surface area contributed by atoms with Gasteiger partial charge >= 0.3 is 0 Å². The Balaban J connectivity index is 1.55. The maximum atomic E-state index is 5.48. The number of rotatable bonds is 7. The van der Waals surface area contributed by atoms with E-state index in [9.17, 15) is 0 Å². The molecule has 1 N–H and O–H groups in total. The zero-order chi connectivity index (χ0) is 19.8. The number of nitrogens with one attached hydrogen (secondary N) is 1. The van der Waals surface area contributed by atoms with Crippen molar-refractivity contribution < 1.29 is 9.26 Å². The summed E-state index contributed by atoms with van der Waals surface area (Å²) in [5, 5.41) is 7.44. The van der Waals surface area contributed by atoms with Crippen LogP contribution in [0.2, 0.25) is 0 Å². The molecule has 1 saturated heterocycles. The summed E-state index contributed by atoms with van der Waals surface area (Å²) in [4.78, 5) is 9.61. The van der Waals surface area contributed by atoms with E-state index in [2.05, 4.69) is 46.3 Å². The Labute approximate surface area is 167 Å². The number of hydrogen-bond donors (Lipinski definition) is 1. The summed E-state index contributed by atoms with van der Waals surface area (Å²) in [6, 6.07) is 8.23. The van der Waals surface area contributed by atoms with Gasteiger partial charge in [0, 0.05) is 51.9 Å². The van der Waals surface area contributed by atoms with Crippen molar-refractivity contribution in [3.05, 3.63) is 47.3 Å². The van der Waals surface area contributed by atoms with Crippen molar-refractivity contribution in [1.82, 2.24) is 20.3 Å². The predicted molar refractivity (Wildman–Crippen MR) is 111 cm³/mol. The molecule has 0 unspecified atom stereocenters. The first kappa shape index (κ1) is 20.2. The van der Waals surface area contributed by atoms with E-state index in [4.69, 9.17) is 14.3 Å². The van der Waals surface area contributed by atoms with Crippen LogP contribution in [0.25, 0.3) is 0 Å². The fourth-order valence-electron chi connectivity index (χ4n) is 3.48. The van der Waals surface area contributed by atoms with Crippen LogP contribution in [0.1, 0.15) is 23.7 Å². The van der Waals surface area contributed by atoms with Gasteiger partial charge in [0.25, 0.3) is 0 Å². The predicted octanol–water partition coefficient (Wildman–Crippen LogP) is 2.32. The van der Waals surface area contributed by atoms with Crippen molar-refractivity contribution in [2.75, 3.05) is 46.4 Å². The Bertz CT molecular complexity index is 752. The molecule has 28 heavy (non-hydrogen) atoms. The summed E-state index contributed by atoms with van der Waals surface area (Å²) >= 11 is 0. The Morgan fingerprint density at radius 1 is 1.25 bits per heavy atom. The van der Waals surface area contributed by atoms with E-state index in [0.717, 1.165) is 69.6 Å². The minimum atomic E-state index is 0.737. The summed E-state index contributed by atoms with van der Waals surface area (Å²) in [7, 11) is 1.72. The highest BCUT2D eigenvalue weighted by atomic mass is 16.5. The smallest absolute Gasteiger partial charge is 0.194 e. The van der Waals surface area contributed by atoms with Crippen molar-refractivity contribution in [3.8, 4) is 5.75 Å². The minimum absolute atomic E-state index is 0.737. The summed E-state index contributed by atoms with van der Waals surface area (Å²) in [5.41, 5.74) is 3.44. The lowest BCUT2D eigenvalue weighted by molar-refractivity contribution is 0.169. The van der Waals surface area contributed by atoms with Crippen LogP contribution in [-0.2, 0) is 13.0 Å². The summed E-state index contributed by atoms with van der Waals surface area (Å²) < 4.78 is 10.4. The Morgan fingerprint density at radius 2 is 2.07 bits per heavy atom. The molecule has 0 spiro atoms.